The lowest BCUT2D eigenvalue weighted by molar-refractivity contribution is -0.182. The van der Waals surface area contributed by atoms with E-state index in [4.69, 9.17) is 53.2 Å². The van der Waals surface area contributed by atoms with E-state index < -0.39 is 39.1 Å². The van der Waals surface area contributed by atoms with E-state index in [0.29, 0.717) is 45.6 Å². The van der Waals surface area contributed by atoms with Gasteiger partial charge >= 0.3 is 0 Å². The zero-order chi connectivity index (χ0) is 33.0. The first-order chi connectivity index (χ1) is 23.9. The number of hydrogen-bond acceptors (Lipinski definition) is 14. The van der Waals surface area contributed by atoms with Gasteiger partial charge in [-0.2, -0.15) is 13.5 Å². The van der Waals surface area contributed by atoms with Crippen LogP contribution >= 0.6 is 33.0 Å². The lowest BCUT2D eigenvalue weighted by Gasteiger charge is -2.52. The number of piperidine rings is 3. The molecule has 0 bridgehead atoms. The van der Waals surface area contributed by atoms with Crippen molar-refractivity contribution < 1.29 is 28.4 Å². The minimum Gasteiger partial charge on any atom is -0.347 e. The molecule has 1 N–H and O–H groups in total. The van der Waals surface area contributed by atoms with Crippen LogP contribution in [0.4, 0.5) is 0 Å². The van der Waals surface area contributed by atoms with Crippen LogP contribution in [0.5, 0.6) is 0 Å². The maximum Gasteiger partial charge on any atom is 0.239 e. The average Bonchev–Trinajstić information content (AvgIpc) is 3.95. The summed E-state index contributed by atoms with van der Waals surface area (Å²) >= 11 is 8.14. The molecule has 2 atom stereocenters. The molecule has 1 aliphatic carbocycles. The van der Waals surface area contributed by atoms with Gasteiger partial charge in [0.2, 0.25) is 21.7 Å². The average molecular weight is 761 g/mol. The molecule has 0 saturated carbocycles. The molecule has 0 aromatic carbocycles. The van der Waals surface area contributed by atoms with Gasteiger partial charge in [0.1, 0.15) is 0 Å². The third-order valence-electron chi connectivity index (χ3n) is 11.6. The molecule has 0 aromatic heterocycles. The SMILES string of the molecule is ClP1(N2CCC3(CC2)OCCO3)=NP2(=NP(N3CCC4(CC3)OCCO4)(N3CCC4(CC3)OCCO4)=N1)NCCCCN2CC1C=CC=C1. The van der Waals surface area contributed by atoms with E-state index in [9.17, 15) is 0 Å². The molecule has 9 aliphatic rings. The van der Waals surface area contributed by atoms with Crippen molar-refractivity contribution in [1.29, 1.82) is 0 Å². The number of nitrogens with zero attached hydrogens (tertiary/aromatic N) is 7. The second kappa shape index (κ2) is 13.7. The first-order valence-corrected chi connectivity index (χ1v) is 24.2. The number of hydrogen-bond donors (Lipinski definition) is 1. The molecule has 0 radical (unpaired) electrons. The Balaban J connectivity index is 1.17. The molecule has 7 saturated heterocycles. The van der Waals surface area contributed by atoms with Crippen molar-refractivity contribution in [2.24, 2.45) is 19.5 Å². The van der Waals surface area contributed by atoms with Gasteiger partial charge in [-0.15, -0.1) is 0 Å². The van der Waals surface area contributed by atoms with Crippen molar-refractivity contribution in [1.82, 2.24) is 23.8 Å². The van der Waals surface area contributed by atoms with Gasteiger partial charge in [0, 0.05) is 103 Å². The van der Waals surface area contributed by atoms with Crippen molar-refractivity contribution in [3.63, 3.8) is 0 Å². The molecule has 274 valence electrons. The first kappa shape index (κ1) is 34.8. The fraction of sp³-hybridized carbons (Fsp3) is 0.871. The molecule has 2 unspecified atom stereocenters. The molecule has 8 aliphatic heterocycles. The van der Waals surface area contributed by atoms with Crippen LogP contribution in [-0.4, -0.2) is 135 Å². The minimum absolute atomic E-state index is 0.321. The lowest BCUT2D eigenvalue weighted by atomic mass is 10.1. The number of halogens is 1. The molecule has 4 spiro atoms. The fourth-order valence-electron chi connectivity index (χ4n) is 8.82. The van der Waals surface area contributed by atoms with Gasteiger partial charge in [0.25, 0.3) is 0 Å². The molecular weight excluding hydrogens is 709 g/mol. The van der Waals surface area contributed by atoms with Crippen LogP contribution in [0.3, 0.4) is 0 Å². The highest BCUT2D eigenvalue weighted by molar-refractivity contribution is 7.96. The van der Waals surface area contributed by atoms with Crippen molar-refractivity contribution in [2.75, 3.05) is 98.5 Å². The third-order valence-corrected chi connectivity index (χ3v) is 24.4. The molecule has 7 fully saturated rings. The van der Waals surface area contributed by atoms with Gasteiger partial charge in [-0.25, -0.2) is 18.7 Å². The zero-order valence-electron chi connectivity index (χ0n) is 28.4. The van der Waals surface area contributed by atoms with E-state index in [2.05, 4.69) is 48.1 Å². The molecular formula is C31H52ClN8O6P3. The summed E-state index contributed by atoms with van der Waals surface area (Å²) in [6.45, 7) is 8.20. The van der Waals surface area contributed by atoms with Crippen molar-refractivity contribution >= 4 is 33.0 Å². The minimum atomic E-state index is -2.95. The Morgan fingerprint density at radius 2 is 1.08 bits per heavy atom. The maximum atomic E-state index is 8.14. The molecule has 0 aromatic rings. The van der Waals surface area contributed by atoms with Crippen LogP contribution < -0.4 is 5.09 Å². The summed E-state index contributed by atoms with van der Waals surface area (Å²) in [7, 11) is -5.50. The Bertz CT molecular complexity index is 1410. The highest BCUT2D eigenvalue weighted by Crippen LogP contribution is 2.83. The quantitative estimate of drug-likeness (QED) is 0.332. The number of allylic oxidation sites excluding steroid dienone is 2. The summed E-state index contributed by atoms with van der Waals surface area (Å²) in [6.07, 6.45) is 15.8. The summed E-state index contributed by atoms with van der Waals surface area (Å²) < 4.78 is 65.2. The second-order valence-electron chi connectivity index (χ2n) is 14.5. The van der Waals surface area contributed by atoms with Gasteiger partial charge in [0.15, 0.2) is 17.4 Å². The van der Waals surface area contributed by atoms with Crippen LogP contribution in [0.15, 0.2) is 37.9 Å². The molecule has 49 heavy (non-hydrogen) atoms. The molecule has 18 heteroatoms. The van der Waals surface area contributed by atoms with Crippen LogP contribution in [0, 0.1) is 5.92 Å². The van der Waals surface area contributed by atoms with E-state index >= 15 is 0 Å². The highest BCUT2D eigenvalue weighted by atomic mass is 35.7. The Morgan fingerprint density at radius 3 is 1.57 bits per heavy atom. The monoisotopic (exact) mass is 760 g/mol. The Labute approximate surface area is 295 Å². The van der Waals surface area contributed by atoms with Gasteiger partial charge in [0.05, 0.1) is 39.6 Å². The zero-order valence-corrected chi connectivity index (χ0v) is 31.9. The Kier molecular flexibility index (Phi) is 9.72. The van der Waals surface area contributed by atoms with E-state index in [1.165, 1.54) is 0 Å². The summed E-state index contributed by atoms with van der Waals surface area (Å²) in [5.74, 6) is -1.20. The van der Waals surface area contributed by atoms with E-state index in [1.54, 1.807) is 0 Å². The molecule has 0 amide bonds. The van der Waals surface area contributed by atoms with Crippen molar-refractivity contribution in [3.05, 3.63) is 24.3 Å². The Morgan fingerprint density at radius 1 is 0.612 bits per heavy atom. The smallest absolute Gasteiger partial charge is 0.239 e. The number of nitrogens with one attached hydrogen (secondary N) is 1. The molecule has 8 heterocycles. The topological polar surface area (TPSA) is 117 Å². The molecule has 9 rings (SSSR count). The van der Waals surface area contributed by atoms with E-state index in [1.807, 2.05) is 0 Å². The van der Waals surface area contributed by atoms with Gasteiger partial charge in [-0.3, -0.25) is 5.09 Å². The van der Waals surface area contributed by atoms with Crippen LogP contribution in [0.2, 0.25) is 0 Å². The summed E-state index contributed by atoms with van der Waals surface area (Å²) in [4.78, 5) is 0. The second-order valence-corrected chi connectivity index (χ2v) is 23.8. The predicted octanol–water partition coefficient (Wildman–Crippen LogP) is 6.02. The summed E-state index contributed by atoms with van der Waals surface area (Å²) in [5.41, 5.74) is 0. The first-order valence-electron chi connectivity index (χ1n) is 18.4. The molecule has 14 nitrogen and oxygen atoms in total. The van der Waals surface area contributed by atoms with E-state index in [0.717, 1.165) is 110 Å². The predicted molar refractivity (Wildman–Crippen MR) is 191 cm³/mol. The van der Waals surface area contributed by atoms with E-state index in [-0.39, 0.29) is 0 Å². The standard InChI is InChI=1S/C31H52ClN8O6P3/c32-47(37-15-7-29(8-16-37)41-21-22-42-29)34-48(33-13-3-4-14-40(48)27-28-5-1-2-6-28)36-49(35-47,38-17-9-30(10-18-38)43-23-24-44-30)39-19-11-31(12-20-39)45-25-26-46-31/h1-2,5-6,28,33H,3-4,7-27H2. The van der Waals surface area contributed by atoms with Crippen LogP contribution in [-0.2, 0) is 28.4 Å². The maximum absolute atomic E-state index is 8.14. The normalized spacial score (nSPS) is 38.0. The lowest BCUT2D eigenvalue weighted by Crippen LogP contribution is -2.49. The highest BCUT2D eigenvalue weighted by Gasteiger charge is 2.54. The summed E-state index contributed by atoms with van der Waals surface area (Å²) in [5, 5.41) is 4.03. The Hall–Kier alpha value is 0.0200. The number of ether oxygens (including phenoxy) is 6. The van der Waals surface area contributed by atoms with Crippen molar-refractivity contribution in [3.8, 4) is 0 Å². The fourth-order valence-corrected chi connectivity index (χ4v) is 24.3. The van der Waals surface area contributed by atoms with Gasteiger partial charge in [-0.05, 0) is 24.1 Å². The third kappa shape index (κ3) is 6.51. The summed E-state index contributed by atoms with van der Waals surface area (Å²) in [6, 6.07) is 0. The van der Waals surface area contributed by atoms with Gasteiger partial charge in [-0.1, -0.05) is 24.3 Å². The van der Waals surface area contributed by atoms with Crippen LogP contribution in [0.1, 0.15) is 51.4 Å². The largest absolute Gasteiger partial charge is 0.347 e. The van der Waals surface area contributed by atoms with Crippen LogP contribution in [0.25, 0.3) is 0 Å². The number of rotatable bonds is 5. The van der Waals surface area contributed by atoms with Crippen molar-refractivity contribution in [2.45, 2.75) is 68.7 Å². The van der Waals surface area contributed by atoms with Gasteiger partial charge < -0.3 is 28.4 Å².